The molecule has 0 aliphatic carbocycles. The van der Waals surface area contributed by atoms with Gasteiger partial charge in [-0.05, 0) is 68.0 Å². The van der Waals surface area contributed by atoms with Crippen LogP contribution in [-0.4, -0.2) is 67.8 Å². The van der Waals surface area contributed by atoms with Crippen LogP contribution in [-0.2, 0) is 10.0 Å². The Balaban J connectivity index is 1.37. The van der Waals surface area contributed by atoms with E-state index in [0.717, 1.165) is 12.8 Å². The molecule has 1 amide bonds. The maximum atomic E-state index is 13.4. The highest BCUT2D eigenvalue weighted by Gasteiger charge is 2.29. The average Bonchev–Trinajstić information content (AvgIpc) is 2.90. The first-order chi connectivity index (χ1) is 17.6. The van der Waals surface area contributed by atoms with Crippen LogP contribution in [0.3, 0.4) is 0 Å². The number of fused-ring (bicyclic) bond motifs is 1. The number of hydrogen-bond donors (Lipinski definition) is 1. The highest BCUT2D eigenvalue weighted by molar-refractivity contribution is 7.89. The van der Waals surface area contributed by atoms with Gasteiger partial charge in [0, 0.05) is 62.1 Å². The number of pyridine rings is 1. The van der Waals surface area contributed by atoms with Crippen molar-refractivity contribution in [3.05, 3.63) is 69.5 Å². The molecule has 0 saturated carbocycles. The number of aromatic nitrogens is 1. The molecule has 2 aromatic carbocycles. The van der Waals surface area contributed by atoms with Gasteiger partial charge in [0.1, 0.15) is 5.56 Å². The van der Waals surface area contributed by atoms with Gasteiger partial charge in [0.15, 0.2) is 0 Å². The molecule has 0 spiro atoms. The fourth-order valence-corrected chi connectivity index (χ4v) is 6.77. The number of anilines is 1. The van der Waals surface area contributed by atoms with Crippen LogP contribution in [0.4, 0.5) is 5.69 Å². The van der Waals surface area contributed by atoms with Crippen molar-refractivity contribution in [2.75, 3.05) is 44.2 Å². The quantitative estimate of drug-likeness (QED) is 0.566. The molecule has 1 aromatic heterocycles. The highest BCUT2D eigenvalue weighted by Crippen LogP contribution is 2.26. The van der Waals surface area contributed by atoms with Gasteiger partial charge in [-0.3, -0.25) is 9.59 Å². The van der Waals surface area contributed by atoms with E-state index in [-0.39, 0.29) is 21.8 Å². The van der Waals surface area contributed by atoms with E-state index in [1.807, 2.05) is 0 Å². The van der Waals surface area contributed by atoms with Crippen LogP contribution in [0.15, 0.2) is 52.3 Å². The Morgan fingerprint density at radius 3 is 2.35 bits per heavy atom. The molecular weight excluding hydrogens is 488 g/mol. The van der Waals surface area contributed by atoms with Crippen molar-refractivity contribution >= 4 is 32.5 Å². The van der Waals surface area contributed by atoms with Crippen molar-refractivity contribution in [1.82, 2.24) is 14.2 Å². The molecule has 196 valence electrons. The summed E-state index contributed by atoms with van der Waals surface area (Å²) < 4.78 is 28.0. The molecule has 2 aliphatic rings. The van der Waals surface area contributed by atoms with Crippen LogP contribution >= 0.6 is 0 Å². The standard InChI is InChI=1S/C28H34N4O4S/c1-19-8-10-32(11-9-19)37(35,36)22-6-7-25-23(17-22)27(33)24(18-29-25)28(34)31-14-12-30(13-15-31)26-16-20(2)4-5-21(26)3/h4-7,16-19H,8-15H2,1-3H3,(H,29,33). The minimum atomic E-state index is -3.71. The minimum Gasteiger partial charge on any atom is -0.368 e. The summed E-state index contributed by atoms with van der Waals surface area (Å²) in [5.74, 6) is 0.171. The topological polar surface area (TPSA) is 93.8 Å². The van der Waals surface area contributed by atoms with Crippen LogP contribution in [0.1, 0.15) is 41.3 Å². The summed E-state index contributed by atoms with van der Waals surface area (Å²) in [7, 11) is -3.71. The normalized spacial score (nSPS) is 17.9. The number of piperazine rings is 1. The van der Waals surface area contributed by atoms with Crippen molar-refractivity contribution < 1.29 is 13.2 Å². The van der Waals surface area contributed by atoms with Crippen LogP contribution in [0.2, 0.25) is 0 Å². The number of sulfonamides is 1. The van der Waals surface area contributed by atoms with Gasteiger partial charge in [-0.15, -0.1) is 0 Å². The van der Waals surface area contributed by atoms with Gasteiger partial charge >= 0.3 is 0 Å². The third-order valence-electron chi connectivity index (χ3n) is 7.74. The van der Waals surface area contributed by atoms with Gasteiger partial charge in [-0.1, -0.05) is 19.1 Å². The Kier molecular flexibility index (Phi) is 6.85. The first-order valence-corrected chi connectivity index (χ1v) is 14.4. The Hall–Kier alpha value is -3.17. The van der Waals surface area contributed by atoms with Crippen LogP contribution in [0.25, 0.3) is 10.9 Å². The number of hydrogen-bond acceptors (Lipinski definition) is 5. The molecule has 2 fully saturated rings. The fraction of sp³-hybridized carbons (Fsp3) is 0.429. The summed E-state index contributed by atoms with van der Waals surface area (Å²) >= 11 is 0. The van der Waals surface area contributed by atoms with Crippen molar-refractivity contribution in [2.45, 2.75) is 38.5 Å². The zero-order valence-electron chi connectivity index (χ0n) is 21.7. The van der Waals surface area contributed by atoms with E-state index in [0.29, 0.717) is 50.7 Å². The molecule has 3 heterocycles. The molecule has 0 radical (unpaired) electrons. The minimum absolute atomic E-state index is 0.0361. The number of benzene rings is 2. The number of amides is 1. The predicted octanol–water partition coefficient (Wildman–Crippen LogP) is 3.53. The Morgan fingerprint density at radius 2 is 1.65 bits per heavy atom. The third-order valence-corrected chi connectivity index (χ3v) is 9.63. The Morgan fingerprint density at radius 1 is 0.946 bits per heavy atom. The van der Waals surface area contributed by atoms with E-state index in [9.17, 15) is 18.0 Å². The molecule has 8 nitrogen and oxygen atoms in total. The van der Waals surface area contributed by atoms with Gasteiger partial charge < -0.3 is 14.8 Å². The number of H-pyrrole nitrogens is 1. The molecule has 0 atom stereocenters. The molecule has 0 unspecified atom stereocenters. The fourth-order valence-electron chi connectivity index (χ4n) is 5.27. The summed E-state index contributed by atoms with van der Waals surface area (Å²) in [6.07, 6.45) is 3.09. The number of carbonyl (C=O) groups is 1. The van der Waals surface area contributed by atoms with Crippen LogP contribution in [0, 0.1) is 19.8 Å². The monoisotopic (exact) mass is 522 g/mol. The smallest absolute Gasteiger partial charge is 0.259 e. The zero-order valence-corrected chi connectivity index (χ0v) is 22.5. The van der Waals surface area contributed by atoms with Crippen LogP contribution in [0.5, 0.6) is 0 Å². The summed E-state index contributed by atoms with van der Waals surface area (Å²) in [5.41, 5.74) is 3.66. The number of rotatable bonds is 4. The number of aromatic amines is 1. The van der Waals surface area contributed by atoms with E-state index in [1.54, 1.807) is 11.0 Å². The van der Waals surface area contributed by atoms with Crippen molar-refractivity contribution in [3.63, 3.8) is 0 Å². The van der Waals surface area contributed by atoms with Gasteiger partial charge in [0.2, 0.25) is 15.5 Å². The number of nitrogens with one attached hydrogen (secondary N) is 1. The number of piperidine rings is 1. The number of aryl methyl sites for hydroxylation is 2. The predicted molar refractivity (Wildman–Crippen MR) is 146 cm³/mol. The Bertz CT molecular complexity index is 1500. The summed E-state index contributed by atoms with van der Waals surface area (Å²) in [4.78, 5) is 33.8. The van der Waals surface area contributed by atoms with E-state index in [4.69, 9.17) is 0 Å². The van der Waals surface area contributed by atoms with Gasteiger partial charge in [-0.25, -0.2) is 8.42 Å². The summed E-state index contributed by atoms with van der Waals surface area (Å²) in [5, 5.41) is 0.214. The second-order valence-electron chi connectivity index (χ2n) is 10.4. The second kappa shape index (κ2) is 9.95. The van der Waals surface area contributed by atoms with E-state index >= 15 is 0 Å². The van der Waals surface area contributed by atoms with Crippen LogP contribution < -0.4 is 10.3 Å². The summed E-state index contributed by atoms with van der Waals surface area (Å²) in [6, 6.07) is 10.9. The first-order valence-electron chi connectivity index (χ1n) is 12.9. The molecular formula is C28H34N4O4S. The van der Waals surface area contributed by atoms with E-state index < -0.39 is 15.5 Å². The molecule has 2 aliphatic heterocycles. The molecule has 5 rings (SSSR count). The highest BCUT2D eigenvalue weighted by atomic mass is 32.2. The molecule has 0 bridgehead atoms. The maximum Gasteiger partial charge on any atom is 0.259 e. The molecule has 3 aromatic rings. The van der Waals surface area contributed by atoms with Gasteiger partial charge in [-0.2, -0.15) is 4.31 Å². The summed E-state index contributed by atoms with van der Waals surface area (Å²) in [6.45, 7) is 9.60. The SMILES string of the molecule is Cc1ccc(C)c(N2CCN(C(=O)c3c[nH]c4ccc(S(=O)(=O)N5CCC(C)CC5)cc4c3=O)CC2)c1. The zero-order chi connectivity index (χ0) is 26.3. The van der Waals surface area contributed by atoms with Crippen molar-refractivity contribution in [2.24, 2.45) is 5.92 Å². The lowest BCUT2D eigenvalue weighted by molar-refractivity contribution is 0.0745. The Labute approximate surface area is 217 Å². The average molecular weight is 523 g/mol. The first kappa shape index (κ1) is 25.5. The lowest BCUT2D eigenvalue weighted by atomic mass is 10.0. The lowest BCUT2D eigenvalue weighted by Gasteiger charge is -2.37. The largest absolute Gasteiger partial charge is 0.368 e. The molecule has 37 heavy (non-hydrogen) atoms. The van der Waals surface area contributed by atoms with E-state index in [2.05, 4.69) is 48.9 Å². The van der Waals surface area contributed by atoms with Gasteiger partial charge in [0.25, 0.3) is 5.91 Å². The number of nitrogens with zero attached hydrogens (tertiary/aromatic N) is 3. The molecule has 1 N–H and O–H groups in total. The number of carbonyl (C=O) groups excluding carboxylic acids is 1. The third kappa shape index (κ3) is 4.90. The maximum absolute atomic E-state index is 13.4. The lowest BCUT2D eigenvalue weighted by Crippen LogP contribution is -2.49. The van der Waals surface area contributed by atoms with Gasteiger partial charge in [0.05, 0.1) is 4.90 Å². The second-order valence-corrected chi connectivity index (χ2v) is 12.3. The molecule has 2 saturated heterocycles. The molecule has 9 heteroatoms. The van der Waals surface area contributed by atoms with Crippen molar-refractivity contribution in [3.8, 4) is 0 Å². The van der Waals surface area contributed by atoms with Crippen molar-refractivity contribution in [1.29, 1.82) is 0 Å². The van der Waals surface area contributed by atoms with E-state index in [1.165, 1.54) is 39.4 Å².